The highest BCUT2D eigenvalue weighted by Gasteiger charge is 2.08. The maximum absolute atomic E-state index is 2.43. The van der Waals surface area contributed by atoms with Gasteiger partial charge in [-0.3, -0.25) is 0 Å². The van der Waals surface area contributed by atoms with Crippen molar-refractivity contribution in [2.24, 2.45) is 0 Å². The smallest absolute Gasteiger partial charge is 0.0480 e. The third kappa shape index (κ3) is 10.7. The number of unbranched alkanes of at least 4 members (excludes halogenated alkanes) is 1. The van der Waals surface area contributed by atoms with Crippen molar-refractivity contribution in [2.45, 2.75) is 38.5 Å². The zero-order valence-electron chi connectivity index (χ0n) is 7.86. The second-order valence-corrected chi connectivity index (χ2v) is 10.7. The summed E-state index contributed by atoms with van der Waals surface area (Å²) in [4.78, 5) is 0. The highest BCUT2D eigenvalue weighted by Crippen LogP contribution is 2.09. The zero-order valence-corrected chi connectivity index (χ0v) is 11.0. The summed E-state index contributed by atoms with van der Waals surface area (Å²) in [5, 5.41) is 0. The number of alkyl halides is 1. The fraction of sp³-hybridized carbons (Fsp3) is 0.778. The summed E-state index contributed by atoms with van der Waals surface area (Å²) < 4.78 is 1.29. The van der Waals surface area contributed by atoms with Crippen LogP contribution < -0.4 is 0 Å². The third-order valence-corrected chi connectivity index (χ3v) is 3.62. The van der Waals surface area contributed by atoms with Gasteiger partial charge in [-0.2, -0.15) is 0 Å². The van der Waals surface area contributed by atoms with Crippen LogP contribution in [0.4, 0.5) is 0 Å². The standard InChI is InChI=1S/C9H19ISi/c1-11(2,3)9-7-5-4-6-8-10/h5,7H,4,6,8-9H2,1-3H3. The van der Waals surface area contributed by atoms with E-state index < -0.39 is 8.07 Å². The van der Waals surface area contributed by atoms with Crippen LogP contribution in [-0.4, -0.2) is 12.5 Å². The lowest BCUT2D eigenvalue weighted by Gasteiger charge is -2.11. The Labute approximate surface area is 85.6 Å². The van der Waals surface area contributed by atoms with Crippen molar-refractivity contribution in [1.82, 2.24) is 0 Å². The molecule has 0 aromatic heterocycles. The molecular formula is C9H19ISi. The first-order valence-electron chi connectivity index (χ1n) is 4.27. The lowest BCUT2D eigenvalue weighted by molar-refractivity contribution is 0.984. The van der Waals surface area contributed by atoms with Crippen LogP contribution in [0.25, 0.3) is 0 Å². The highest BCUT2D eigenvalue weighted by molar-refractivity contribution is 14.1. The molecule has 0 spiro atoms. The molecule has 0 aliphatic carbocycles. The molecule has 0 aliphatic heterocycles. The molecule has 0 amide bonds. The van der Waals surface area contributed by atoms with Crippen LogP contribution in [0.3, 0.4) is 0 Å². The molecule has 0 aliphatic rings. The summed E-state index contributed by atoms with van der Waals surface area (Å²) in [6.45, 7) is 7.24. The molecule has 0 aromatic carbocycles. The molecule has 0 bridgehead atoms. The van der Waals surface area contributed by atoms with Crippen molar-refractivity contribution in [1.29, 1.82) is 0 Å². The highest BCUT2D eigenvalue weighted by atomic mass is 127. The Bertz CT molecular complexity index is 113. The second-order valence-electron chi connectivity index (χ2n) is 4.07. The Kier molecular flexibility index (Phi) is 6.62. The molecule has 0 unspecified atom stereocenters. The van der Waals surface area contributed by atoms with Gasteiger partial charge in [-0.05, 0) is 23.3 Å². The molecule has 2 heteroatoms. The van der Waals surface area contributed by atoms with Crippen LogP contribution in [-0.2, 0) is 0 Å². The van der Waals surface area contributed by atoms with Gasteiger partial charge in [0, 0.05) is 8.07 Å². The van der Waals surface area contributed by atoms with E-state index in [0.717, 1.165) is 0 Å². The first-order valence-corrected chi connectivity index (χ1v) is 9.50. The van der Waals surface area contributed by atoms with Crippen molar-refractivity contribution < 1.29 is 0 Å². The van der Waals surface area contributed by atoms with E-state index in [1.165, 1.54) is 23.3 Å². The molecule has 0 fully saturated rings. The predicted octanol–water partition coefficient (Wildman–Crippen LogP) is 4.10. The van der Waals surface area contributed by atoms with E-state index >= 15 is 0 Å². The molecule has 0 heterocycles. The normalized spacial score (nSPS) is 12.7. The van der Waals surface area contributed by atoms with E-state index in [1.54, 1.807) is 0 Å². The molecule has 0 nitrogen and oxygen atoms in total. The van der Waals surface area contributed by atoms with Crippen LogP contribution in [0.1, 0.15) is 12.8 Å². The molecule has 0 atom stereocenters. The van der Waals surface area contributed by atoms with E-state index in [9.17, 15) is 0 Å². The number of rotatable bonds is 5. The van der Waals surface area contributed by atoms with Crippen LogP contribution in [0.15, 0.2) is 12.2 Å². The quantitative estimate of drug-likeness (QED) is 0.234. The summed E-state index contributed by atoms with van der Waals surface area (Å²) in [6, 6.07) is 1.34. The SMILES string of the molecule is C[Si](C)(C)CC=CCCCI. The molecule has 0 radical (unpaired) electrons. The van der Waals surface area contributed by atoms with Crippen molar-refractivity contribution in [3.8, 4) is 0 Å². The Morgan fingerprint density at radius 2 is 1.82 bits per heavy atom. The molecule has 66 valence electrons. The van der Waals surface area contributed by atoms with Crippen molar-refractivity contribution in [2.75, 3.05) is 4.43 Å². The van der Waals surface area contributed by atoms with Crippen LogP contribution in [0.2, 0.25) is 25.7 Å². The maximum Gasteiger partial charge on any atom is 0.0480 e. The average Bonchev–Trinajstić information content (AvgIpc) is 1.85. The number of halogens is 1. The summed E-state index contributed by atoms with van der Waals surface area (Å²) in [5.41, 5.74) is 0. The van der Waals surface area contributed by atoms with Gasteiger partial charge in [-0.1, -0.05) is 54.4 Å². The van der Waals surface area contributed by atoms with E-state index in [2.05, 4.69) is 54.4 Å². The Balaban J connectivity index is 3.30. The van der Waals surface area contributed by atoms with Crippen molar-refractivity contribution >= 4 is 30.7 Å². The van der Waals surface area contributed by atoms with Gasteiger partial charge in [-0.15, -0.1) is 0 Å². The van der Waals surface area contributed by atoms with Crippen molar-refractivity contribution in [3.05, 3.63) is 12.2 Å². The van der Waals surface area contributed by atoms with E-state index in [0.29, 0.717) is 0 Å². The largest absolute Gasteiger partial charge is 0.0912 e. The van der Waals surface area contributed by atoms with Gasteiger partial charge < -0.3 is 0 Å². The lowest BCUT2D eigenvalue weighted by Crippen LogP contribution is -2.17. The second kappa shape index (κ2) is 6.23. The number of hydrogen-bond donors (Lipinski definition) is 0. The van der Waals surface area contributed by atoms with Gasteiger partial charge in [0.25, 0.3) is 0 Å². The third-order valence-electron chi connectivity index (χ3n) is 1.40. The zero-order chi connectivity index (χ0) is 8.74. The lowest BCUT2D eigenvalue weighted by atomic mass is 10.3. The Morgan fingerprint density at radius 1 is 1.18 bits per heavy atom. The molecule has 0 saturated heterocycles. The van der Waals surface area contributed by atoms with Crippen LogP contribution in [0, 0.1) is 0 Å². The topological polar surface area (TPSA) is 0 Å². The van der Waals surface area contributed by atoms with E-state index in [1.807, 2.05) is 0 Å². The number of hydrogen-bond acceptors (Lipinski definition) is 0. The van der Waals surface area contributed by atoms with Crippen LogP contribution >= 0.6 is 22.6 Å². The molecule has 0 rings (SSSR count). The summed E-state index contributed by atoms with van der Waals surface area (Å²) >= 11 is 2.43. The summed E-state index contributed by atoms with van der Waals surface area (Å²) in [5.74, 6) is 0. The first-order chi connectivity index (χ1) is 5.06. The van der Waals surface area contributed by atoms with Gasteiger partial charge in [0.05, 0.1) is 0 Å². The minimum atomic E-state index is -0.806. The molecule has 11 heavy (non-hydrogen) atoms. The monoisotopic (exact) mass is 282 g/mol. The maximum atomic E-state index is 2.43. The molecule has 0 aromatic rings. The summed E-state index contributed by atoms with van der Waals surface area (Å²) in [6.07, 6.45) is 7.33. The van der Waals surface area contributed by atoms with Crippen molar-refractivity contribution in [3.63, 3.8) is 0 Å². The van der Waals surface area contributed by atoms with Gasteiger partial charge in [0.2, 0.25) is 0 Å². The minimum Gasteiger partial charge on any atom is -0.0912 e. The molecule has 0 N–H and O–H groups in total. The summed E-state index contributed by atoms with van der Waals surface area (Å²) in [7, 11) is -0.806. The molecule has 0 saturated carbocycles. The Morgan fingerprint density at radius 3 is 2.27 bits per heavy atom. The average molecular weight is 282 g/mol. The van der Waals surface area contributed by atoms with Gasteiger partial charge >= 0.3 is 0 Å². The van der Waals surface area contributed by atoms with E-state index in [4.69, 9.17) is 0 Å². The minimum absolute atomic E-state index is 0.806. The molecular weight excluding hydrogens is 263 g/mol. The number of allylic oxidation sites excluding steroid dienone is 2. The van der Waals surface area contributed by atoms with Crippen LogP contribution in [0.5, 0.6) is 0 Å². The van der Waals surface area contributed by atoms with E-state index in [-0.39, 0.29) is 0 Å². The van der Waals surface area contributed by atoms with Gasteiger partial charge in [0.15, 0.2) is 0 Å². The van der Waals surface area contributed by atoms with Gasteiger partial charge in [-0.25, -0.2) is 0 Å². The Hall–Kier alpha value is 0.687. The fourth-order valence-corrected chi connectivity index (χ4v) is 2.06. The fourth-order valence-electron chi connectivity index (χ4n) is 0.750. The van der Waals surface area contributed by atoms with Gasteiger partial charge in [0.1, 0.15) is 0 Å². The first kappa shape index (κ1) is 11.7. The predicted molar refractivity (Wildman–Crippen MR) is 65.4 cm³/mol.